The third-order valence-electron chi connectivity index (χ3n) is 2.82. The summed E-state index contributed by atoms with van der Waals surface area (Å²) in [6.45, 7) is 4.78. The molecule has 0 atom stereocenters. The summed E-state index contributed by atoms with van der Waals surface area (Å²) in [4.78, 5) is 3.46. The number of aliphatic hydroxyl groups is 2. The molecule has 0 aliphatic carbocycles. The fraction of sp³-hybridized carbons (Fsp3) is 0.800. The lowest BCUT2D eigenvalue weighted by atomic mass is 10.4. The Morgan fingerprint density at radius 2 is 1.00 bits per heavy atom. The lowest BCUT2D eigenvalue weighted by molar-refractivity contribution is 0.00123. The van der Waals surface area contributed by atoms with Gasteiger partial charge >= 0.3 is 0 Å². The van der Waals surface area contributed by atoms with Crippen LogP contribution in [0, 0.1) is 0 Å². The highest BCUT2D eigenvalue weighted by Crippen LogP contribution is 2.13. The second kappa shape index (κ2) is 5.27. The molecule has 0 bridgehead atoms. The van der Waals surface area contributed by atoms with Gasteiger partial charge in [-0.15, -0.1) is 0 Å². The summed E-state index contributed by atoms with van der Waals surface area (Å²) in [6.07, 6.45) is 0. The molecular weight excluding hydrogens is 212 g/mol. The number of ether oxygens (including phenoxy) is 2. The lowest BCUT2D eigenvalue weighted by Crippen LogP contribution is -2.41. The molecule has 6 nitrogen and oxygen atoms in total. The van der Waals surface area contributed by atoms with Gasteiger partial charge in [-0.3, -0.25) is 0 Å². The van der Waals surface area contributed by atoms with E-state index in [1.54, 1.807) is 9.80 Å². The van der Waals surface area contributed by atoms with Crippen molar-refractivity contribution >= 4 is 0 Å². The third kappa shape index (κ3) is 2.51. The van der Waals surface area contributed by atoms with Crippen molar-refractivity contribution in [2.24, 2.45) is 0 Å². The summed E-state index contributed by atoms with van der Waals surface area (Å²) in [7, 11) is 0. The average Bonchev–Trinajstić information content (AvgIpc) is 2.39. The summed E-state index contributed by atoms with van der Waals surface area (Å²) in [5.41, 5.74) is 0. The highest BCUT2D eigenvalue weighted by atomic mass is 16.5. The molecule has 2 N–H and O–H groups in total. The van der Waals surface area contributed by atoms with E-state index in [9.17, 15) is 10.2 Å². The van der Waals surface area contributed by atoms with Crippen molar-refractivity contribution in [2.75, 3.05) is 52.6 Å². The van der Waals surface area contributed by atoms with E-state index in [1.165, 1.54) is 0 Å². The molecule has 2 aliphatic rings. The Morgan fingerprint density at radius 1 is 0.688 bits per heavy atom. The van der Waals surface area contributed by atoms with Crippen LogP contribution in [0.2, 0.25) is 0 Å². The van der Waals surface area contributed by atoms with Crippen LogP contribution in [-0.4, -0.2) is 72.6 Å². The van der Waals surface area contributed by atoms with Crippen LogP contribution in [0.25, 0.3) is 0 Å². The highest BCUT2D eigenvalue weighted by molar-refractivity contribution is 4.99. The van der Waals surface area contributed by atoms with E-state index in [2.05, 4.69) is 0 Å². The molecular formula is C10H18N2O4. The lowest BCUT2D eigenvalue weighted by Gasteiger charge is -2.32. The van der Waals surface area contributed by atoms with Crippen LogP contribution in [0.1, 0.15) is 0 Å². The van der Waals surface area contributed by atoms with Crippen LogP contribution in [0.15, 0.2) is 11.8 Å². The zero-order chi connectivity index (χ0) is 11.4. The number of hydrogen-bond donors (Lipinski definition) is 2. The van der Waals surface area contributed by atoms with Crippen LogP contribution in [0.3, 0.4) is 0 Å². The molecule has 2 heterocycles. The Hall–Kier alpha value is -1.14. The zero-order valence-corrected chi connectivity index (χ0v) is 9.26. The monoisotopic (exact) mass is 230 g/mol. The fourth-order valence-electron chi connectivity index (χ4n) is 1.83. The molecule has 2 aliphatic heterocycles. The van der Waals surface area contributed by atoms with Crippen LogP contribution >= 0.6 is 0 Å². The molecule has 0 aromatic heterocycles. The molecule has 0 amide bonds. The van der Waals surface area contributed by atoms with Crippen LogP contribution in [0.4, 0.5) is 0 Å². The third-order valence-corrected chi connectivity index (χ3v) is 2.82. The van der Waals surface area contributed by atoms with Crippen LogP contribution < -0.4 is 0 Å². The van der Waals surface area contributed by atoms with E-state index in [1.807, 2.05) is 0 Å². The maximum absolute atomic E-state index is 9.91. The molecule has 2 rings (SSSR count). The molecule has 2 fully saturated rings. The van der Waals surface area contributed by atoms with Crippen molar-refractivity contribution in [3.8, 4) is 0 Å². The van der Waals surface area contributed by atoms with Gasteiger partial charge in [0.2, 0.25) is 11.8 Å². The molecule has 16 heavy (non-hydrogen) atoms. The average molecular weight is 230 g/mol. The van der Waals surface area contributed by atoms with Crippen molar-refractivity contribution in [1.82, 2.24) is 9.80 Å². The van der Waals surface area contributed by atoms with Crippen LogP contribution in [-0.2, 0) is 9.47 Å². The van der Waals surface area contributed by atoms with Gasteiger partial charge in [0.05, 0.1) is 26.4 Å². The van der Waals surface area contributed by atoms with Gasteiger partial charge in [0, 0.05) is 26.2 Å². The molecule has 0 aromatic rings. The molecule has 2 saturated heterocycles. The first-order valence-electron chi connectivity index (χ1n) is 5.56. The predicted molar refractivity (Wildman–Crippen MR) is 57.1 cm³/mol. The van der Waals surface area contributed by atoms with Gasteiger partial charge < -0.3 is 29.5 Å². The maximum atomic E-state index is 9.91. The van der Waals surface area contributed by atoms with Gasteiger partial charge in [-0.1, -0.05) is 0 Å². The van der Waals surface area contributed by atoms with Crippen molar-refractivity contribution in [3.63, 3.8) is 0 Å². The molecule has 0 spiro atoms. The van der Waals surface area contributed by atoms with E-state index in [-0.39, 0.29) is 11.8 Å². The maximum Gasteiger partial charge on any atom is 0.249 e. The van der Waals surface area contributed by atoms with Gasteiger partial charge in [-0.25, -0.2) is 0 Å². The molecule has 92 valence electrons. The largest absolute Gasteiger partial charge is 0.491 e. The van der Waals surface area contributed by atoms with Crippen molar-refractivity contribution < 1.29 is 19.7 Å². The Labute approximate surface area is 94.7 Å². The SMILES string of the molecule is OC(=C(O)N1CCOCC1)N1CCOCC1. The number of hydrogen-bond acceptors (Lipinski definition) is 6. The minimum atomic E-state index is -0.0507. The number of rotatable bonds is 2. The number of aliphatic hydroxyl groups excluding tert-OH is 2. The molecule has 0 radical (unpaired) electrons. The first-order chi connectivity index (χ1) is 7.79. The smallest absolute Gasteiger partial charge is 0.249 e. The van der Waals surface area contributed by atoms with Crippen molar-refractivity contribution in [1.29, 1.82) is 0 Å². The van der Waals surface area contributed by atoms with E-state index in [0.717, 1.165) is 0 Å². The first kappa shape index (κ1) is 11.3. The Morgan fingerprint density at radius 3 is 1.31 bits per heavy atom. The summed E-state index contributed by atoms with van der Waals surface area (Å²) < 4.78 is 10.4. The van der Waals surface area contributed by atoms with E-state index in [4.69, 9.17) is 9.47 Å². The topological polar surface area (TPSA) is 65.4 Å². The Kier molecular flexibility index (Phi) is 3.74. The van der Waals surface area contributed by atoms with Gasteiger partial charge in [0.1, 0.15) is 0 Å². The highest BCUT2D eigenvalue weighted by Gasteiger charge is 2.22. The normalized spacial score (nSPS) is 24.2. The summed E-state index contributed by atoms with van der Waals surface area (Å²) in [6, 6.07) is 0. The Bertz CT molecular complexity index is 232. The molecule has 0 aromatic carbocycles. The minimum Gasteiger partial charge on any atom is -0.491 e. The summed E-state index contributed by atoms with van der Waals surface area (Å²) in [5.74, 6) is -0.101. The first-order valence-corrected chi connectivity index (χ1v) is 5.56. The Balaban J connectivity index is 1.99. The summed E-state index contributed by atoms with van der Waals surface area (Å²) in [5, 5.41) is 19.8. The number of nitrogens with zero attached hydrogens (tertiary/aromatic N) is 2. The van der Waals surface area contributed by atoms with Gasteiger partial charge in [-0.2, -0.15) is 0 Å². The predicted octanol–water partition coefficient (Wildman–Crippen LogP) is -0.107. The molecule has 0 unspecified atom stereocenters. The van der Waals surface area contributed by atoms with Gasteiger partial charge in [0.25, 0.3) is 0 Å². The second-order valence-corrected chi connectivity index (χ2v) is 3.85. The number of morpholine rings is 2. The summed E-state index contributed by atoms with van der Waals surface area (Å²) >= 11 is 0. The molecule has 6 heteroatoms. The van der Waals surface area contributed by atoms with Crippen molar-refractivity contribution in [2.45, 2.75) is 0 Å². The standard InChI is InChI=1S/C10H18N2O4/c13-9(11-1-5-15-6-2-11)10(14)12-3-7-16-8-4-12/h13-14H,1-8H2. The van der Waals surface area contributed by atoms with E-state index in [0.29, 0.717) is 52.6 Å². The molecule has 0 saturated carbocycles. The minimum absolute atomic E-state index is 0.0507. The second-order valence-electron chi connectivity index (χ2n) is 3.85. The zero-order valence-electron chi connectivity index (χ0n) is 9.26. The van der Waals surface area contributed by atoms with Crippen LogP contribution in [0.5, 0.6) is 0 Å². The van der Waals surface area contributed by atoms with Gasteiger partial charge in [0.15, 0.2) is 0 Å². The fourth-order valence-corrected chi connectivity index (χ4v) is 1.83. The van der Waals surface area contributed by atoms with E-state index < -0.39 is 0 Å². The van der Waals surface area contributed by atoms with Crippen molar-refractivity contribution in [3.05, 3.63) is 11.8 Å². The van der Waals surface area contributed by atoms with E-state index >= 15 is 0 Å². The van der Waals surface area contributed by atoms with Gasteiger partial charge in [-0.05, 0) is 0 Å². The quantitative estimate of drug-likeness (QED) is 0.645.